The smallest absolute Gasteiger partial charge is 0.269 e. The van der Waals surface area contributed by atoms with Crippen LogP contribution in [0.25, 0.3) is 11.4 Å². The summed E-state index contributed by atoms with van der Waals surface area (Å²) in [5.41, 5.74) is 0.585. The number of H-pyrrole nitrogens is 1. The van der Waals surface area contributed by atoms with Gasteiger partial charge in [0, 0.05) is 5.56 Å². The van der Waals surface area contributed by atoms with E-state index in [-0.39, 0.29) is 10.3 Å². The molecule has 0 saturated carbocycles. The molecule has 1 aromatic heterocycles. The molecule has 6 heteroatoms. The summed E-state index contributed by atoms with van der Waals surface area (Å²) in [6.07, 6.45) is 0. The molecule has 1 heterocycles. The van der Waals surface area contributed by atoms with Crippen LogP contribution in [-0.4, -0.2) is 15.1 Å². The molecule has 0 radical (unpaired) electrons. The summed E-state index contributed by atoms with van der Waals surface area (Å²) in [6.45, 7) is 1.73. The Bertz CT molecular complexity index is 620. The van der Waals surface area contributed by atoms with E-state index in [2.05, 4.69) is 25.9 Å². The van der Waals surface area contributed by atoms with E-state index in [9.17, 15) is 14.3 Å². The van der Waals surface area contributed by atoms with Crippen LogP contribution < -0.4 is 5.56 Å². The van der Waals surface area contributed by atoms with Crippen molar-refractivity contribution in [2.75, 3.05) is 0 Å². The molecule has 2 N–H and O–H groups in total. The zero-order valence-electron chi connectivity index (χ0n) is 8.79. The van der Waals surface area contributed by atoms with E-state index < -0.39 is 17.3 Å². The summed E-state index contributed by atoms with van der Waals surface area (Å²) in [6, 6.07) is 4.26. The fraction of sp³-hybridized carbons (Fsp3) is 0.0909. The van der Waals surface area contributed by atoms with E-state index in [1.165, 1.54) is 12.1 Å². The van der Waals surface area contributed by atoms with Crippen molar-refractivity contribution in [3.05, 3.63) is 44.4 Å². The van der Waals surface area contributed by atoms with Gasteiger partial charge in [0.2, 0.25) is 5.88 Å². The fourth-order valence-corrected chi connectivity index (χ4v) is 1.64. The molecule has 0 bridgehead atoms. The standard InChI is InChI=1S/C11H8BrFN2O2/c1-5-2-6(4-7(13)3-5)9-14-10(16)8(12)11(17)15-9/h2-4H,1H3,(H2,14,15,16,17). The lowest BCUT2D eigenvalue weighted by atomic mass is 10.1. The molecule has 0 fully saturated rings. The fourth-order valence-electron chi connectivity index (χ4n) is 1.46. The van der Waals surface area contributed by atoms with Gasteiger partial charge in [-0.05, 0) is 46.6 Å². The summed E-state index contributed by atoms with van der Waals surface area (Å²) in [7, 11) is 0. The van der Waals surface area contributed by atoms with Gasteiger partial charge < -0.3 is 10.1 Å². The second kappa shape index (κ2) is 4.29. The molecule has 2 rings (SSSR count). The predicted octanol–water partition coefficient (Wildman–Crippen LogP) is 2.35. The van der Waals surface area contributed by atoms with Gasteiger partial charge in [0.05, 0.1) is 0 Å². The highest BCUT2D eigenvalue weighted by Crippen LogP contribution is 2.22. The Morgan fingerprint density at radius 3 is 2.71 bits per heavy atom. The lowest BCUT2D eigenvalue weighted by Crippen LogP contribution is -2.09. The number of halogens is 2. The minimum atomic E-state index is -0.519. The molecular weight excluding hydrogens is 291 g/mol. The Labute approximate surface area is 104 Å². The number of rotatable bonds is 1. The van der Waals surface area contributed by atoms with Crippen molar-refractivity contribution in [3.8, 4) is 17.3 Å². The summed E-state index contributed by atoms with van der Waals surface area (Å²) in [5.74, 6) is -0.728. The zero-order chi connectivity index (χ0) is 12.6. The second-order valence-corrected chi connectivity index (χ2v) is 4.36. The van der Waals surface area contributed by atoms with Gasteiger partial charge in [0.1, 0.15) is 16.1 Å². The lowest BCUT2D eigenvalue weighted by molar-refractivity contribution is 0.448. The van der Waals surface area contributed by atoms with Crippen LogP contribution in [0.2, 0.25) is 0 Å². The molecular formula is C11H8BrFN2O2. The van der Waals surface area contributed by atoms with Crippen LogP contribution in [-0.2, 0) is 0 Å². The van der Waals surface area contributed by atoms with Crippen LogP contribution >= 0.6 is 15.9 Å². The maximum absolute atomic E-state index is 13.2. The van der Waals surface area contributed by atoms with Gasteiger partial charge in [-0.15, -0.1) is 0 Å². The first-order chi connectivity index (χ1) is 7.97. The van der Waals surface area contributed by atoms with Crippen molar-refractivity contribution >= 4 is 15.9 Å². The van der Waals surface area contributed by atoms with Crippen molar-refractivity contribution in [3.63, 3.8) is 0 Å². The quantitative estimate of drug-likeness (QED) is 0.849. The summed E-state index contributed by atoms with van der Waals surface area (Å²) >= 11 is 2.88. The molecule has 0 aliphatic carbocycles. The lowest BCUT2D eigenvalue weighted by Gasteiger charge is -2.04. The third-order valence-electron chi connectivity index (χ3n) is 2.16. The van der Waals surface area contributed by atoms with Crippen molar-refractivity contribution < 1.29 is 9.50 Å². The third-order valence-corrected chi connectivity index (χ3v) is 2.88. The Hall–Kier alpha value is -1.69. The Kier molecular flexibility index (Phi) is 2.97. The molecule has 0 atom stereocenters. The van der Waals surface area contributed by atoms with Gasteiger partial charge in [-0.3, -0.25) is 4.79 Å². The minimum Gasteiger partial charge on any atom is -0.492 e. The number of nitrogens with one attached hydrogen (secondary N) is 1. The van der Waals surface area contributed by atoms with Gasteiger partial charge >= 0.3 is 0 Å². The van der Waals surface area contributed by atoms with Gasteiger partial charge in [-0.2, -0.15) is 4.98 Å². The van der Waals surface area contributed by atoms with Gasteiger partial charge in [-0.1, -0.05) is 0 Å². The van der Waals surface area contributed by atoms with Crippen LogP contribution in [0.5, 0.6) is 5.88 Å². The van der Waals surface area contributed by atoms with Gasteiger partial charge in [-0.25, -0.2) is 4.39 Å². The molecule has 0 amide bonds. The number of benzene rings is 1. The SMILES string of the molecule is Cc1cc(F)cc(-c2nc(O)c(Br)c(=O)[nH]2)c1. The number of aromatic nitrogens is 2. The first-order valence-electron chi connectivity index (χ1n) is 4.73. The third kappa shape index (κ3) is 2.36. The number of hydrogen-bond acceptors (Lipinski definition) is 3. The van der Waals surface area contributed by atoms with E-state index in [0.717, 1.165) is 0 Å². The molecule has 2 aromatic rings. The molecule has 0 saturated heterocycles. The molecule has 0 spiro atoms. The zero-order valence-corrected chi connectivity index (χ0v) is 10.4. The van der Waals surface area contributed by atoms with Gasteiger partial charge in [0.15, 0.2) is 0 Å². The summed E-state index contributed by atoms with van der Waals surface area (Å²) in [5, 5.41) is 9.41. The minimum absolute atomic E-state index is 0.0469. The Morgan fingerprint density at radius 1 is 1.41 bits per heavy atom. The van der Waals surface area contributed by atoms with Crippen molar-refractivity contribution in [1.82, 2.24) is 9.97 Å². The van der Waals surface area contributed by atoms with Crippen LogP contribution in [0.1, 0.15) is 5.56 Å². The topological polar surface area (TPSA) is 66.0 Å². The molecule has 17 heavy (non-hydrogen) atoms. The van der Waals surface area contributed by atoms with E-state index >= 15 is 0 Å². The number of hydrogen-bond donors (Lipinski definition) is 2. The average Bonchev–Trinajstić information content (AvgIpc) is 2.23. The monoisotopic (exact) mass is 298 g/mol. The van der Waals surface area contributed by atoms with E-state index in [0.29, 0.717) is 11.1 Å². The molecule has 4 nitrogen and oxygen atoms in total. The maximum atomic E-state index is 13.2. The summed E-state index contributed by atoms with van der Waals surface area (Å²) < 4.78 is 13.2. The Morgan fingerprint density at radius 2 is 2.12 bits per heavy atom. The maximum Gasteiger partial charge on any atom is 0.269 e. The molecule has 0 aliphatic rings. The number of aromatic amines is 1. The first kappa shape index (κ1) is 11.8. The highest BCUT2D eigenvalue weighted by atomic mass is 79.9. The summed E-state index contributed by atoms with van der Waals surface area (Å²) in [4.78, 5) is 17.6. The first-order valence-corrected chi connectivity index (χ1v) is 5.53. The van der Waals surface area contributed by atoms with Crippen LogP contribution in [0, 0.1) is 12.7 Å². The molecule has 1 aromatic carbocycles. The highest BCUT2D eigenvalue weighted by molar-refractivity contribution is 9.10. The molecule has 0 unspecified atom stereocenters. The Balaban J connectivity index is 2.65. The van der Waals surface area contributed by atoms with Crippen molar-refractivity contribution in [1.29, 1.82) is 0 Å². The van der Waals surface area contributed by atoms with Crippen molar-refractivity contribution in [2.24, 2.45) is 0 Å². The van der Waals surface area contributed by atoms with Crippen molar-refractivity contribution in [2.45, 2.75) is 6.92 Å². The highest BCUT2D eigenvalue weighted by Gasteiger charge is 2.10. The number of nitrogens with zero attached hydrogens (tertiary/aromatic N) is 1. The normalized spacial score (nSPS) is 10.5. The van der Waals surface area contributed by atoms with E-state index in [1.54, 1.807) is 13.0 Å². The number of aryl methyl sites for hydroxylation is 1. The van der Waals surface area contributed by atoms with Crippen LogP contribution in [0.3, 0.4) is 0 Å². The number of aromatic hydroxyl groups is 1. The van der Waals surface area contributed by atoms with E-state index in [4.69, 9.17) is 0 Å². The largest absolute Gasteiger partial charge is 0.492 e. The predicted molar refractivity (Wildman–Crippen MR) is 64.4 cm³/mol. The molecule has 0 aliphatic heterocycles. The molecule has 88 valence electrons. The average molecular weight is 299 g/mol. The van der Waals surface area contributed by atoms with E-state index in [1.807, 2.05) is 0 Å². The van der Waals surface area contributed by atoms with Gasteiger partial charge in [0.25, 0.3) is 5.56 Å². The van der Waals surface area contributed by atoms with Crippen LogP contribution in [0.4, 0.5) is 4.39 Å². The second-order valence-electron chi connectivity index (χ2n) is 3.57. The van der Waals surface area contributed by atoms with Crippen LogP contribution in [0.15, 0.2) is 27.5 Å².